The van der Waals surface area contributed by atoms with Crippen molar-refractivity contribution in [1.82, 2.24) is 0 Å². The highest BCUT2D eigenvalue weighted by molar-refractivity contribution is 7.97. The van der Waals surface area contributed by atoms with Gasteiger partial charge in [-0.1, -0.05) is 54.6 Å². The van der Waals surface area contributed by atoms with Crippen LogP contribution >= 0.6 is 7.26 Å². The molecule has 0 bridgehead atoms. The van der Waals surface area contributed by atoms with Gasteiger partial charge in [0.05, 0.1) is 6.61 Å². The van der Waals surface area contributed by atoms with Gasteiger partial charge in [-0.25, -0.2) is 9.59 Å². The number of hydrogen-bond donors (Lipinski definition) is 1. The molecule has 0 saturated heterocycles. The van der Waals surface area contributed by atoms with E-state index in [9.17, 15) is 14.7 Å². The summed E-state index contributed by atoms with van der Waals surface area (Å²) < 4.78 is 18.1. The van der Waals surface area contributed by atoms with Crippen LogP contribution in [-0.2, 0) is 9.53 Å². The SMILES string of the molecule is CCOC(=O)C(C)(Oc1c(O)ccc2c(C)cc(=O)oc12)[P+](c1ccccc1)(c1ccccc1)c1ccccc1. The van der Waals surface area contributed by atoms with Crippen LogP contribution in [0.2, 0.25) is 0 Å². The van der Waals surface area contributed by atoms with Crippen molar-refractivity contribution in [3.8, 4) is 11.5 Å². The second-order valence-corrected chi connectivity index (χ2v) is 13.3. The Morgan fingerprint density at radius 3 is 1.82 bits per heavy atom. The number of carbonyl (C=O) groups is 1. The normalized spacial score (nSPS) is 13.0. The Hall–Kier alpha value is -4.41. The fourth-order valence-corrected chi connectivity index (χ4v) is 10.1. The summed E-state index contributed by atoms with van der Waals surface area (Å²) in [5, 5.41) is 12.6. The molecule has 0 amide bonds. The molecule has 0 aliphatic carbocycles. The zero-order chi connectivity index (χ0) is 28.3. The fourth-order valence-electron chi connectivity index (χ4n) is 5.30. The molecule has 5 aromatic rings. The number of rotatable bonds is 8. The first-order valence-corrected chi connectivity index (χ1v) is 14.8. The lowest BCUT2D eigenvalue weighted by atomic mass is 10.1. The summed E-state index contributed by atoms with van der Waals surface area (Å²) in [6, 6.07) is 33.8. The standard InChI is InChI=1S/C33H29O6P/c1-4-37-32(36)33(3,39-31-28(34)21-20-27-23(2)22-29(35)38-30(27)31)40(24-14-8-5-9-15-24,25-16-10-6-11-17-25)26-18-12-7-13-19-26/h5-22H,4H2,1-3H3/p+1. The lowest BCUT2D eigenvalue weighted by molar-refractivity contribution is -0.153. The van der Waals surface area contributed by atoms with Crippen molar-refractivity contribution in [3.05, 3.63) is 125 Å². The molecule has 6 nitrogen and oxygen atoms in total. The molecular formula is C33H30O6P+. The highest BCUT2D eigenvalue weighted by Crippen LogP contribution is 2.67. The molecule has 40 heavy (non-hydrogen) atoms. The van der Waals surface area contributed by atoms with Crippen LogP contribution in [0.5, 0.6) is 11.5 Å². The summed E-state index contributed by atoms with van der Waals surface area (Å²) in [5.41, 5.74) is 0.130. The average molecular weight is 554 g/mol. The minimum absolute atomic E-state index is 0.0628. The lowest BCUT2D eigenvalue weighted by Crippen LogP contribution is -2.55. The number of phenolic OH excluding ortho intramolecular Hbond substituents is 1. The Morgan fingerprint density at radius 1 is 0.850 bits per heavy atom. The molecular weight excluding hydrogens is 523 g/mol. The Labute approximate surface area is 233 Å². The average Bonchev–Trinajstić information content (AvgIpc) is 2.97. The summed E-state index contributed by atoms with van der Waals surface area (Å²) in [7, 11) is -3.08. The maximum Gasteiger partial charge on any atom is 0.392 e. The first-order chi connectivity index (χ1) is 19.3. The van der Waals surface area contributed by atoms with E-state index in [0.717, 1.165) is 15.9 Å². The minimum Gasteiger partial charge on any atom is -0.504 e. The van der Waals surface area contributed by atoms with Crippen molar-refractivity contribution in [2.45, 2.75) is 26.1 Å². The molecule has 0 spiro atoms. The number of ether oxygens (including phenoxy) is 2. The molecule has 1 N–H and O–H groups in total. The smallest absolute Gasteiger partial charge is 0.392 e. The van der Waals surface area contributed by atoms with Gasteiger partial charge >= 0.3 is 16.9 Å². The van der Waals surface area contributed by atoms with Gasteiger partial charge in [0, 0.05) is 18.4 Å². The fraction of sp³-hybridized carbons (Fsp3) is 0.152. The highest BCUT2D eigenvalue weighted by atomic mass is 31.2. The van der Waals surface area contributed by atoms with E-state index in [1.807, 2.05) is 91.0 Å². The van der Waals surface area contributed by atoms with E-state index in [1.165, 1.54) is 12.1 Å². The Morgan fingerprint density at radius 2 is 1.35 bits per heavy atom. The van der Waals surface area contributed by atoms with E-state index >= 15 is 0 Å². The molecule has 7 heteroatoms. The number of fused-ring (bicyclic) bond motifs is 1. The number of hydrogen-bond acceptors (Lipinski definition) is 6. The van der Waals surface area contributed by atoms with Crippen LogP contribution in [0.4, 0.5) is 0 Å². The number of aromatic hydroxyl groups is 1. The number of benzene rings is 4. The van der Waals surface area contributed by atoms with Crippen molar-refractivity contribution >= 4 is 40.1 Å². The molecule has 0 fully saturated rings. The molecule has 0 aliphatic heterocycles. The molecule has 1 atom stereocenters. The molecule has 1 heterocycles. The van der Waals surface area contributed by atoms with Crippen LogP contribution in [0.15, 0.2) is 118 Å². The predicted octanol–water partition coefficient (Wildman–Crippen LogP) is 5.46. The van der Waals surface area contributed by atoms with E-state index in [-0.39, 0.29) is 23.7 Å². The van der Waals surface area contributed by atoms with Crippen LogP contribution in [0.3, 0.4) is 0 Å². The molecule has 1 aromatic heterocycles. The van der Waals surface area contributed by atoms with Gasteiger partial charge in [-0.15, -0.1) is 0 Å². The third-order valence-corrected chi connectivity index (χ3v) is 11.9. The van der Waals surface area contributed by atoms with Gasteiger partial charge in [0.25, 0.3) is 0 Å². The number of esters is 1. The Balaban J connectivity index is 1.93. The maximum absolute atomic E-state index is 14.3. The zero-order valence-corrected chi connectivity index (χ0v) is 23.4. The van der Waals surface area contributed by atoms with E-state index in [1.54, 1.807) is 26.8 Å². The van der Waals surface area contributed by atoms with Crippen LogP contribution in [0, 0.1) is 6.92 Å². The van der Waals surface area contributed by atoms with Gasteiger partial charge in [0.15, 0.2) is 18.6 Å². The first-order valence-electron chi connectivity index (χ1n) is 13.0. The second-order valence-electron chi connectivity index (χ2n) is 9.52. The summed E-state index contributed by atoms with van der Waals surface area (Å²) in [6.45, 7) is 5.34. The van der Waals surface area contributed by atoms with Gasteiger partial charge in [-0.3, -0.25) is 0 Å². The molecule has 4 aromatic carbocycles. The predicted molar refractivity (Wildman–Crippen MR) is 160 cm³/mol. The van der Waals surface area contributed by atoms with Gasteiger partial charge < -0.3 is 19.0 Å². The molecule has 5 rings (SSSR count). The lowest BCUT2D eigenvalue weighted by Gasteiger charge is -2.40. The van der Waals surface area contributed by atoms with Crippen LogP contribution in [-0.4, -0.2) is 23.0 Å². The number of phenols is 1. The highest BCUT2D eigenvalue weighted by Gasteiger charge is 2.68. The van der Waals surface area contributed by atoms with Crippen molar-refractivity contribution < 1.29 is 23.8 Å². The van der Waals surface area contributed by atoms with Crippen LogP contribution in [0.1, 0.15) is 19.4 Å². The monoisotopic (exact) mass is 553 g/mol. The number of aryl methyl sites for hydroxylation is 1. The van der Waals surface area contributed by atoms with Gasteiger partial charge in [0.1, 0.15) is 15.9 Å². The second kappa shape index (κ2) is 11.0. The summed E-state index contributed by atoms with van der Waals surface area (Å²) in [6.07, 6.45) is 0. The van der Waals surface area contributed by atoms with Gasteiger partial charge in [0.2, 0.25) is 5.75 Å². The van der Waals surface area contributed by atoms with E-state index in [4.69, 9.17) is 13.9 Å². The van der Waals surface area contributed by atoms with Crippen molar-refractivity contribution in [3.63, 3.8) is 0 Å². The molecule has 0 aliphatic rings. The molecule has 0 radical (unpaired) electrons. The largest absolute Gasteiger partial charge is 0.504 e. The summed E-state index contributed by atoms with van der Waals surface area (Å²) >= 11 is 0. The number of carbonyl (C=O) groups excluding carboxylic acids is 1. The molecule has 1 unspecified atom stereocenters. The topological polar surface area (TPSA) is 86.0 Å². The molecule has 0 saturated carbocycles. The van der Waals surface area contributed by atoms with E-state index in [0.29, 0.717) is 10.9 Å². The summed E-state index contributed by atoms with van der Waals surface area (Å²) in [5.74, 6) is -0.962. The quantitative estimate of drug-likeness (QED) is 0.156. The minimum atomic E-state index is -3.08. The molecule has 202 valence electrons. The van der Waals surface area contributed by atoms with Gasteiger partial charge in [-0.2, -0.15) is 0 Å². The van der Waals surface area contributed by atoms with Crippen molar-refractivity contribution in [2.75, 3.05) is 6.61 Å². The van der Waals surface area contributed by atoms with Crippen LogP contribution < -0.4 is 26.3 Å². The Kier molecular flexibility index (Phi) is 7.46. The Bertz CT molecular complexity index is 1600. The zero-order valence-electron chi connectivity index (χ0n) is 22.5. The third-order valence-electron chi connectivity index (χ3n) is 7.08. The maximum atomic E-state index is 14.3. The van der Waals surface area contributed by atoms with Crippen molar-refractivity contribution in [2.24, 2.45) is 0 Å². The first kappa shape index (κ1) is 27.2. The van der Waals surface area contributed by atoms with E-state index < -0.39 is 24.2 Å². The summed E-state index contributed by atoms with van der Waals surface area (Å²) in [4.78, 5) is 26.8. The van der Waals surface area contributed by atoms with E-state index in [2.05, 4.69) is 0 Å². The van der Waals surface area contributed by atoms with Gasteiger partial charge in [-0.05, 0) is 67.9 Å². The van der Waals surface area contributed by atoms with Crippen LogP contribution in [0.25, 0.3) is 11.0 Å². The third kappa shape index (κ3) is 4.44. The van der Waals surface area contributed by atoms with Crippen molar-refractivity contribution in [1.29, 1.82) is 0 Å².